The van der Waals surface area contributed by atoms with Crippen LogP contribution in [0.25, 0.3) is 0 Å². The molecule has 0 aromatic carbocycles. The molecule has 0 radical (unpaired) electrons. The van der Waals surface area contributed by atoms with Crippen molar-refractivity contribution in [2.24, 2.45) is 11.8 Å². The standard InChI is InChI=1S/C22H36N4O6S/c1-14(2)12-22(15(3)13-27,26-32-17-8-6-7-10-31-17)20(29)24-18(16(4)30-5)19(28)25-21-23-9-11-33-21/h9,11,13-18,26H,6-8,10,12H2,1-5H3,(H,24,29)(H,23,25,28)/t15-,16-,17?,18+,22-/m1/s1. The Morgan fingerprint density at radius 2 is 2.09 bits per heavy atom. The van der Waals surface area contributed by atoms with Crippen molar-refractivity contribution in [1.82, 2.24) is 15.8 Å². The molecule has 2 amide bonds. The number of thiazole rings is 1. The number of methoxy groups -OCH3 is 1. The van der Waals surface area contributed by atoms with Gasteiger partial charge in [0, 0.05) is 37.6 Å². The van der Waals surface area contributed by atoms with Crippen molar-refractivity contribution < 1.29 is 28.7 Å². The highest BCUT2D eigenvalue weighted by Gasteiger charge is 2.47. The van der Waals surface area contributed by atoms with Crippen molar-refractivity contribution in [3.8, 4) is 0 Å². The Morgan fingerprint density at radius 3 is 2.64 bits per heavy atom. The van der Waals surface area contributed by atoms with Crippen LogP contribution in [0.4, 0.5) is 5.13 Å². The van der Waals surface area contributed by atoms with Gasteiger partial charge < -0.3 is 24.9 Å². The minimum atomic E-state index is -1.41. The smallest absolute Gasteiger partial charge is 0.251 e. The van der Waals surface area contributed by atoms with Gasteiger partial charge in [-0.15, -0.1) is 11.3 Å². The number of ether oxygens (including phenoxy) is 2. The minimum absolute atomic E-state index is 0.0453. The number of amides is 2. The predicted octanol–water partition coefficient (Wildman–Crippen LogP) is 2.27. The summed E-state index contributed by atoms with van der Waals surface area (Å²) in [6.45, 7) is 7.80. The third kappa shape index (κ3) is 7.54. The van der Waals surface area contributed by atoms with Crippen molar-refractivity contribution >= 4 is 34.6 Å². The summed E-state index contributed by atoms with van der Waals surface area (Å²) < 4.78 is 11.0. The Morgan fingerprint density at radius 1 is 1.33 bits per heavy atom. The SMILES string of the molecule is CO[C@H](C)[C@H](NC(=O)[C@](CC(C)C)(NOC1CCCCO1)[C@H](C)C=O)C(=O)Nc1nccs1. The van der Waals surface area contributed by atoms with Gasteiger partial charge in [0.15, 0.2) is 11.4 Å². The maximum absolute atomic E-state index is 13.7. The Labute approximate surface area is 199 Å². The molecule has 0 bridgehead atoms. The minimum Gasteiger partial charge on any atom is -0.379 e. The number of nitrogens with zero attached hydrogens (tertiary/aromatic N) is 1. The Balaban J connectivity index is 2.27. The summed E-state index contributed by atoms with van der Waals surface area (Å²) in [7, 11) is 1.46. The second kappa shape index (κ2) is 13.1. The van der Waals surface area contributed by atoms with Crippen LogP contribution in [0.3, 0.4) is 0 Å². The topological polar surface area (TPSA) is 128 Å². The zero-order valence-corrected chi connectivity index (χ0v) is 20.8. The van der Waals surface area contributed by atoms with Gasteiger partial charge in [-0.05, 0) is 32.1 Å². The molecule has 1 unspecified atom stereocenters. The average Bonchev–Trinajstić information content (AvgIpc) is 3.32. The molecule has 2 heterocycles. The van der Waals surface area contributed by atoms with Crippen LogP contribution < -0.4 is 16.1 Å². The van der Waals surface area contributed by atoms with Crippen molar-refractivity contribution in [1.29, 1.82) is 0 Å². The Kier molecular flexibility index (Phi) is 10.8. The quantitative estimate of drug-likeness (QED) is 0.287. The average molecular weight is 485 g/mol. The third-order valence-corrected chi connectivity index (χ3v) is 6.39. The first-order chi connectivity index (χ1) is 15.7. The van der Waals surface area contributed by atoms with Crippen LogP contribution in [0.15, 0.2) is 11.6 Å². The van der Waals surface area contributed by atoms with Gasteiger partial charge in [-0.3, -0.25) is 14.4 Å². The molecule has 1 aromatic rings. The number of hydrogen-bond donors (Lipinski definition) is 3. The fraction of sp³-hybridized carbons (Fsp3) is 0.727. The summed E-state index contributed by atoms with van der Waals surface area (Å²) in [5.41, 5.74) is 1.47. The van der Waals surface area contributed by atoms with Crippen LogP contribution in [0.1, 0.15) is 53.4 Å². The molecule has 1 saturated heterocycles. The molecule has 1 aliphatic heterocycles. The summed E-state index contributed by atoms with van der Waals surface area (Å²) >= 11 is 1.26. The highest BCUT2D eigenvalue weighted by Crippen LogP contribution is 2.27. The fourth-order valence-electron chi connectivity index (χ4n) is 3.67. The van der Waals surface area contributed by atoms with Gasteiger partial charge in [0.2, 0.25) is 5.91 Å². The van der Waals surface area contributed by atoms with Gasteiger partial charge in [0.05, 0.1) is 6.10 Å². The number of aldehydes is 1. The predicted molar refractivity (Wildman–Crippen MR) is 124 cm³/mol. The molecule has 0 saturated carbocycles. The van der Waals surface area contributed by atoms with Crippen molar-refractivity contribution in [3.63, 3.8) is 0 Å². The van der Waals surface area contributed by atoms with E-state index in [0.717, 1.165) is 12.8 Å². The van der Waals surface area contributed by atoms with E-state index >= 15 is 0 Å². The molecule has 0 aliphatic carbocycles. The molecule has 0 spiro atoms. The number of carbonyl (C=O) groups excluding carboxylic acids is 3. The van der Waals surface area contributed by atoms with Gasteiger partial charge in [-0.2, -0.15) is 5.48 Å². The second-order valence-corrected chi connectivity index (χ2v) is 9.62. The van der Waals surface area contributed by atoms with Crippen LogP contribution in [0, 0.1) is 11.8 Å². The zero-order valence-electron chi connectivity index (χ0n) is 20.0. The fourth-order valence-corrected chi connectivity index (χ4v) is 4.20. The molecule has 33 heavy (non-hydrogen) atoms. The van der Waals surface area contributed by atoms with E-state index in [9.17, 15) is 14.4 Å². The summed E-state index contributed by atoms with van der Waals surface area (Å²) in [4.78, 5) is 48.4. The van der Waals surface area contributed by atoms with Crippen LogP contribution in [0.2, 0.25) is 0 Å². The van der Waals surface area contributed by atoms with Crippen LogP contribution in [0.5, 0.6) is 0 Å². The molecule has 1 fully saturated rings. The van der Waals surface area contributed by atoms with Crippen LogP contribution in [-0.4, -0.2) is 60.8 Å². The number of rotatable bonds is 13. The molecular weight excluding hydrogens is 448 g/mol. The van der Waals surface area contributed by atoms with Crippen LogP contribution in [-0.2, 0) is 28.7 Å². The highest BCUT2D eigenvalue weighted by molar-refractivity contribution is 7.13. The number of nitrogens with one attached hydrogen (secondary N) is 3. The molecule has 5 atom stereocenters. The lowest BCUT2D eigenvalue weighted by molar-refractivity contribution is -0.219. The molecule has 10 nitrogen and oxygen atoms in total. The summed E-state index contributed by atoms with van der Waals surface area (Å²) in [6, 6.07) is -1.02. The summed E-state index contributed by atoms with van der Waals surface area (Å²) in [5, 5.41) is 7.63. The molecule has 2 rings (SSSR count). The summed E-state index contributed by atoms with van der Waals surface area (Å²) in [5.74, 6) is -1.70. The first-order valence-electron chi connectivity index (χ1n) is 11.3. The molecule has 11 heteroatoms. The lowest BCUT2D eigenvalue weighted by atomic mass is 9.78. The van der Waals surface area contributed by atoms with E-state index in [0.29, 0.717) is 30.9 Å². The van der Waals surface area contributed by atoms with Gasteiger partial charge in [0.25, 0.3) is 5.91 Å². The van der Waals surface area contributed by atoms with E-state index in [1.807, 2.05) is 13.8 Å². The van der Waals surface area contributed by atoms with Crippen molar-refractivity contribution in [3.05, 3.63) is 11.6 Å². The third-order valence-electron chi connectivity index (χ3n) is 5.70. The Bertz CT molecular complexity index is 756. The molecule has 186 valence electrons. The van der Waals surface area contributed by atoms with E-state index in [2.05, 4.69) is 21.1 Å². The number of anilines is 1. The first-order valence-corrected chi connectivity index (χ1v) is 12.1. The maximum Gasteiger partial charge on any atom is 0.251 e. The van der Waals surface area contributed by atoms with E-state index in [1.54, 1.807) is 25.4 Å². The molecule has 3 N–H and O–H groups in total. The monoisotopic (exact) mass is 484 g/mol. The van der Waals surface area contributed by atoms with Crippen molar-refractivity contribution in [2.75, 3.05) is 19.0 Å². The lowest BCUT2D eigenvalue weighted by Crippen LogP contribution is -2.66. The maximum atomic E-state index is 13.7. The number of hydrogen-bond acceptors (Lipinski definition) is 9. The first kappa shape index (κ1) is 27.3. The zero-order chi connectivity index (χ0) is 24.4. The van der Waals surface area contributed by atoms with Gasteiger partial charge in [-0.25, -0.2) is 4.98 Å². The van der Waals surface area contributed by atoms with E-state index in [4.69, 9.17) is 14.3 Å². The van der Waals surface area contributed by atoms with Crippen LogP contribution >= 0.6 is 11.3 Å². The van der Waals surface area contributed by atoms with Gasteiger partial charge >= 0.3 is 0 Å². The number of carbonyl (C=O) groups is 3. The van der Waals surface area contributed by atoms with E-state index in [-0.39, 0.29) is 5.92 Å². The molecule has 1 aromatic heterocycles. The molecular formula is C22H36N4O6S. The van der Waals surface area contributed by atoms with Gasteiger partial charge in [-0.1, -0.05) is 20.8 Å². The van der Waals surface area contributed by atoms with Gasteiger partial charge in [0.1, 0.15) is 17.9 Å². The second-order valence-electron chi connectivity index (χ2n) is 8.73. The Hall–Kier alpha value is -1.92. The lowest BCUT2D eigenvalue weighted by Gasteiger charge is -2.39. The normalized spacial score (nSPS) is 21.0. The van der Waals surface area contributed by atoms with Crippen molar-refractivity contribution in [2.45, 2.75) is 77.4 Å². The van der Waals surface area contributed by atoms with E-state index < -0.39 is 41.7 Å². The number of hydroxylamine groups is 1. The number of aromatic nitrogens is 1. The highest BCUT2D eigenvalue weighted by atomic mass is 32.1. The largest absolute Gasteiger partial charge is 0.379 e. The van der Waals surface area contributed by atoms with E-state index in [1.165, 1.54) is 18.4 Å². The summed E-state index contributed by atoms with van der Waals surface area (Å²) in [6.07, 6.45) is 4.01. The molecule has 1 aliphatic rings.